The number of hydrogen-bond donors (Lipinski definition) is 1. The molecule has 1 spiro atoms. The zero-order valence-corrected chi connectivity index (χ0v) is 11.6. The van der Waals surface area contributed by atoms with E-state index in [0.29, 0.717) is 0 Å². The molecular weight excluding hydrogens is 234 g/mol. The zero-order valence-electron chi connectivity index (χ0n) is 11.6. The summed E-state index contributed by atoms with van der Waals surface area (Å²) in [7, 11) is 0. The summed E-state index contributed by atoms with van der Waals surface area (Å²) in [6.45, 7) is 5.86. The van der Waals surface area contributed by atoms with E-state index in [9.17, 15) is 8.78 Å². The Hall–Kier alpha value is -0.220. The Bertz CT molecular complexity index is 277. The second-order valence-electron chi connectivity index (χ2n) is 6.32. The predicted molar refractivity (Wildman–Crippen MR) is 70.1 cm³/mol. The van der Waals surface area contributed by atoms with Gasteiger partial charge in [-0.15, -0.1) is 0 Å². The topological polar surface area (TPSA) is 15.3 Å². The van der Waals surface area contributed by atoms with Crippen molar-refractivity contribution in [3.63, 3.8) is 0 Å². The van der Waals surface area contributed by atoms with Crippen molar-refractivity contribution in [2.24, 2.45) is 0 Å². The Kier molecular flexibility index (Phi) is 4.27. The van der Waals surface area contributed by atoms with Gasteiger partial charge in [-0.1, -0.05) is 26.2 Å². The average Bonchev–Trinajstić information content (AvgIpc) is 2.35. The van der Waals surface area contributed by atoms with Gasteiger partial charge in [0.25, 0.3) is 6.43 Å². The molecule has 1 saturated carbocycles. The van der Waals surface area contributed by atoms with Crippen molar-refractivity contribution >= 4 is 0 Å². The lowest BCUT2D eigenvalue weighted by Gasteiger charge is -2.55. The summed E-state index contributed by atoms with van der Waals surface area (Å²) in [4.78, 5) is 2.09. The summed E-state index contributed by atoms with van der Waals surface area (Å²) in [5, 5.41) is 3.62. The molecule has 0 bridgehead atoms. The third-order valence-electron chi connectivity index (χ3n) is 4.98. The fraction of sp³-hybridized carbons (Fsp3) is 1.00. The quantitative estimate of drug-likeness (QED) is 0.839. The summed E-state index contributed by atoms with van der Waals surface area (Å²) in [5.74, 6) is 0. The fourth-order valence-electron chi connectivity index (χ4n) is 3.50. The molecule has 18 heavy (non-hydrogen) atoms. The number of halogens is 2. The van der Waals surface area contributed by atoms with Crippen molar-refractivity contribution < 1.29 is 8.78 Å². The molecule has 1 heterocycles. The Balaban J connectivity index is 2.13. The molecule has 1 aliphatic carbocycles. The van der Waals surface area contributed by atoms with Gasteiger partial charge in [-0.2, -0.15) is 0 Å². The molecule has 1 N–H and O–H groups in total. The van der Waals surface area contributed by atoms with Crippen molar-refractivity contribution in [3.8, 4) is 0 Å². The third-order valence-corrected chi connectivity index (χ3v) is 4.98. The molecule has 0 aromatic carbocycles. The molecule has 106 valence electrons. The van der Waals surface area contributed by atoms with Gasteiger partial charge in [0.05, 0.1) is 6.54 Å². The first-order valence-electron chi connectivity index (χ1n) is 7.28. The number of nitrogens with zero attached hydrogens (tertiary/aromatic N) is 1. The maximum Gasteiger partial charge on any atom is 0.251 e. The lowest BCUT2D eigenvalue weighted by atomic mass is 9.76. The van der Waals surface area contributed by atoms with Crippen molar-refractivity contribution in [3.05, 3.63) is 0 Å². The van der Waals surface area contributed by atoms with Crippen LogP contribution < -0.4 is 5.32 Å². The minimum absolute atomic E-state index is 0.00239. The maximum absolute atomic E-state index is 12.9. The molecule has 1 aliphatic heterocycles. The molecule has 0 aromatic heterocycles. The lowest BCUT2D eigenvalue weighted by Crippen LogP contribution is -2.70. The Morgan fingerprint density at radius 3 is 2.44 bits per heavy atom. The first kappa shape index (κ1) is 14.2. The van der Waals surface area contributed by atoms with Crippen molar-refractivity contribution in [2.75, 3.05) is 19.6 Å². The normalized spacial score (nSPS) is 33.2. The van der Waals surface area contributed by atoms with Gasteiger partial charge < -0.3 is 5.32 Å². The van der Waals surface area contributed by atoms with E-state index >= 15 is 0 Å². The minimum Gasteiger partial charge on any atom is -0.308 e. The highest BCUT2D eigenvalue weighted by atomic mass is 19.3. The van der Waals surface area contributed by atoms with Crippen LogP contribution in [0.1, 0.15) is 52.4 Å². The smallest absolute Gasteiger partial charge is 0.251 e. The molecule has 2 nitrogen and oxygen atoms in total. The molecule has 0 radical (unpaired) electrons. The molecule has 1 atom stereocenters. The van der Waals surface area contributed by atoms with Crippen molar-refractivity contribution in [2.45, 2.75) is 69.9 Å². The highest BCUT2D eigenvalue weighted by Gasteiger charge is 2.45. The molecule has 1 unspecified atom stereocenters. The Labute approximate surface area is 109 Å². The van der Waals surface area contributed by atoms with Crippen LogP contribution in [-0.4, -0.2) is 42.0 Å². The van der Waals surface area contributed by atoms with E-state index in [1.165, 1.54) is 19.3 Å². The number of piperazine rings is 1. The summed E-state index contributed by atoms with van der Waals surface area (Å²) in [6, 6.07) is 0. The molecular formula is C14H26F2N2. The first-order valence-corrected chi connectivity index (χ1v) is 7.28. The van der Waals surface area contributed by atoms with Gasteiger partial charge in [0, 0.05) is 24.2 Å². The van der Waals surface area contributed by atoms with Crippen molar-refractivity contribution in [1.29, 1.82) is 0 Å². The van der Waals surface area contributed by atoms with Crippen LogP contribution in [0, 0.1) is 0 Å². The molecule has 2 aliphatic rings. The van der Waals surface area contributed by atoms with Gasteiger partial charge in [-0.3, -0.25) is 4.90 Å². The zero-order chi connectivity index (χ0) is 13.2. The maximum atomic E-state index is 12.9. The van der Waals surface area contributed by atoms with Crippen LogP contribution in [-0.2, 0) is 0 Å². The van der Waals surface area contributed by atoms with Gasteiger partial charge in [-0.05, 0) is 26.2 Å². The van der Waals surface area contributed by atoms with Crippen LogP contribution in [0.25, 0.3) is 0 Å². The van der Waals surface area contributed by atoms with Gasteiger partial charge >= 0.3 is 0 Å². The van der Waals surface area contributed by atoms with Gasteiger partial charge in [0.1, 0.15) is 0 Å². The van der Waals surface area contributed by atoms with E-state index in [2.05, 4.69) is 24.1 Å². The van der Waals surface area contributed by atoms with Crippen LogP contribution in [0.15, 0.2) is 0 Å². The van der Waals surface area contributed by atoms with Gasteiger partial charge in [-0.25, -0.2) is 8.78 Å². The number of hydrogen-bond acceptors (Lipinski definition) is 2. The monoisotopic (exact) mass is 260 g/mol. The van der Waals surface area contributed by atoms with Gasteiger partial charge in [0.2, 0.25) is 0 Å². The number of rotatable bonds is 3. The molecule has 2 fully saturated rings. The second kappa shape index (κ2) is 5.41. The Morgan fingerprint density at radius 1 is 1.22 bits per heavy atom. The molecule has 0 amide bonds. The largest absolute Gasteiger partial charge is 0.308 e. The standard InChI is InChI=1S/C14H26F2N2/c1-3-13(2)11-18(9-12(15)16)14(10-17-13)7-5-4-6-8-14/h12,17H,3-11H2,1-2H3. The van der Waals surface area contributed by atoms with Crippen LogP contribution >= 0.6 is 0 Å². The summed E-state index contributed by atoms with van der Waals surface area (Å²) in [6.07, 6.45) is 4.55. The van der Waals surface area contributed by atoms with Crippen LogP contribution in [0.4, 0.5) is 8.78 Å². The van der Waals surface area contributed by atoms with E-state index in [1.54, 1.807) is 0 Å². The van der Waals surface area contributed by atoms with E-state index in [-0.39, 0.29) is 17.6 Å². The SMILES string of the molecule is CCC1(C)CN(CC(F)F)C2(CCCCC2)CN1. The molecule has 4 heteroatoms. The summed E-state index contributed by atoms with van der Waals surface area (Å²) < 4.78 is 25.7. The third kappa shape index (κ3) is 2.85. The van der Waals surface area contributed by atoms with Crippen LogP contribution in [0.3, 0.4) is 0 Å². The highest BCUT2D eigenvalue weighted by molar-refractivity contribution is 5.04. The molecule has 0 aromatic rings. The van der Waals surface area contributed by atoms with Crippen LogP contribution in [0.5, 0.6) is 0 Å². The first-order chi connectivity index (χ1) is 8.50. The fourth-order valence-corrected chi connectivity index (χ4v) is 3.50. The minimum atomic E-state index is -2.22. The van der Waals surface area contributed by atoms with E-state index in [0.717, 1.165) is 32.4 Å². The lowest BCUT2D eigenvalue weighted by molar-refractivity contribution is -0.0472. The van der Waals surface area contributed by atoms with E-state index in [4.69, 9.17) is 0 Å². The number of alkyl halides is 2. The molecule has 2 rings (SSSR count). The van der Waals surface area contributed by atoms with E-state index in [1.807, 2.05) is 0 Å². The predicted octanol–water partition coefficient (Wildman–Crippen LogP) is 3.03. The second-order valence-corrected chi connectivity index (χ2v) is 6.32. The highest BCUT2D eigenvalue weighted by Crippen LogP contribution is 2.37. The summed E-state index contributed by atoms with van der Waals surface area (Å²) >= 11 is 0. The van der Waals surface area contributed by atoms with E-state index < -0.39 is 6.43 Å². The average molecular weight is 260 g/mol. The molecule has 1 saturated heterocycles. The summed E-state index contributed by atoms with van der Waals surface area (Å²) in [5.41, 5.74) is 0.000940. The Morgan fingerprint density at radius 2 is 1.89 bits per heavy atom. The number of nitrogens with one attached hydrogen (secondary N) is 1. The van der Waals surface area contributed by atoms with Crippen molar-refractivity contribution in [1.82, 2.24) is 10.2 Å². The van der Waals surface area contributed by atoms with Crippen LogP contribution in [0.2, 0.25) is 0 Å². The van der Waals surface area contributed by atoms with Gasteiger partial charge in [0.15, 0.2) is 0 Å².